The molecule has 4 N–H and O–H groups in total. The van der Waals surface area contributed by atoms with Gasteiger partial charge in [-0.05, 0) is 25.7 Å². The van der Waals surface area contributed by atoms with E-state index in [9.17, 15) is 38.4 Å². The predicted molar refractivity (Wildman–Crippen MR) is 166 cm³/mol. The number of carboxylic acids is 4. The number of hydrogen-bond donors (Lipinski definition) is 4. The molecule has 12 nitrogen and oxygen atoms in total. The first-order valence-electron chi connectivity index (χ1n) is 15.8. The molecule has 0 unspecified atom stereocenters. The molecule has 45 heavy (non-hydrogen) atoms. The molecule has 0 aromatic carbocycles. The maximum absolute atomic E-state index is 10.5. The molecule has 0 rings (SSSR count). The second-order valence-corrected chi connectivity index (χ2v) is 10.2. The summed E-state index contributed by atoms with van der Waals surface area (Å²) in [5, 5.41) is 32.8. The van der Waals surface area contributed by atoms with Crippen LogP contribution in [0.3, 0.4) is 0 Å². The van der Waals surface area contributed by atoms with E-state index < -0.39 is 47.0 Å². The monoisotopic (exact) mass is 722 g/mol. The molecule has 0 heterocycles. The molecule has 0 radical (unpaired) electrons. The summed E-state index contributed by atoms with van der Waals surface area (Å²) >= 11 is 0. The van der Waals surface area contributed by atoms with Crippen molar-refractivity contribution in [3.05, 3.63) is 0 Å². The van der Waals surface area contributed by atoms with Crippen LogP contribution in [0.4, 0.5) is 0 Å². The molecule has 13 heteroatoms. The number of rotatable bonds is 24. The Bertz CT molecular complexity index is 704. The third-order valence-electron chi connectivity index (χ3n) is 5.98. The number of Topliss-reactive ketones (excluding diaryl/α,β-unsaturated/α-hetero) is 4. The van der Waals surface area contributed by atoms with Crippen LogP contribution in [0.15, 0.2) is 0 Å². The molecule has 0 aliphatic carbocycles. The van der Waals surface area contributed by atoms with Gasteiger partial charge in [-0.2, -0.15) is 0 Å². The summed E-state index contributed by atoms with van der Waals surface area (Å²) in [5.41, 5.74) is 0. The molecule has 0 spiro atoms. The van der Waals surface area contributed by atoms with Crippen molar-refractivity contribution in [2.75, 3.05) is 0 Å². The smallest absolute Gasteiger partial charge is 0.372 e. The van der Waals surface area contributed by atoms with Crippen LogP contribution in [0.2, 0.25) is 0 Å². The van der Waals surface area contributed by atoms with E-state index >= 15 is 0 Å². The molecule has 0 aromatic rings. The molecule has 0 aromatic heterocycles. The molecule has 0 amide bonds. The SMILES string of the molecule is CCCCCCC(=O)C(=O)O.CCCCCCC(=O)C(=O)O.CCCCCCC(=O)C(=O)O.CCCCCCC(=O)C(=O)O.[Zr]. The van der Waals surface area contributed by atoms with E-state index in [-0.39, 0.29) is 51.9 Å². The van der Waals surface area contributed by atoms with Crippen molar-refractivity contribution in [2.24, 2.45) is 0 Å². The summed E-state index contributed by atoms with van der Waals surface area (Å²) in [6.07, 6.45) is 16.1. The summed E-state index contributed by atoms with van der Waals surface area (Å²) in [6.45, 7) is 8.27. The maximum Gasteiger partial charge on any atom is 0.372 e. The number of carboxylic acid groups (broad SMARTS) is 4. The van der Waals surface area contributed by atoms with Crippen molar-refractivity contribution >= 4 is 47.0 Å². The van der Waals surface area contributed by atoms with Crippen LogP contribution in [0.25, 0.3) is 0 Å². The summed E-state index contributed by atoms with van der Waals surface area (Å²) < 4.78 is 0. The zero-order chi connectivity index (χ0) is 34.8. The van der Waals surface area contributed by atoms with Crippen molar-refractivity contribution in [1.82, 2.24) is 0 Å². The van der Waals surface area contributed by atoms with Crippen molar-refractivity contribution < 1.29 is 85.0 Å². The van der Waals surface area contributed by atoms with Crippen LogP contribution in [-0.2, 0) is 64.6 Å². The van der Waals surface area contributed by atoms with Gasteiger partial charge in [-0.3, -0.25) is 19.2 Å². The molecule has 0 fully saturated rings. The van der Waals surface area contributed by atoms with Gasteiger partial charge in [-0.15, -0.1) is 0 Å². The normalized spacial score (nSPS) is 9.33. The van der Waals surface area contributed by atoms with Crippen LogP contribution in [0, 0.1) is 0 Å². The summed E-state index contributed by atoms with van der Waals surface area (Å²) in [6, 6.07) is 0. The Hall–Kier alpha value is -2.56. The number of hydrogen-bond acceptors (Lipinski definition) is 8. The van der Waals surface area contributed by atoms with Crippen molar-refractivity contribution in [3.63, 3.8) is 0 Å². The fourth-order valence-corrected chi connectivity index (χ4v) is 3.28. The topological polar surface area (TPSA) is 217 Å². The summed E-state index contributed by atoms with van der Waals surface area (Å²) in [7, 11) is 0. The first kappa shape index (κ1) is 52.0. The Morgan fingerprint density at radius 3 is 0.578 bits per heavy atom. The number of unbranched alkanes of at least 4 members (excludes halogenated alkanes) is 12. The van der Waals surface area contributed by atoms with E-state index in [0.717, 1.165) is 77.0 Å². The summed E-state index contributed by atoms with van der Waals surface area (Å²) in [4.78, 5) is 82.1. The first-order valence-corrected chi connectivity index (χ1v) is 15.8. The third kappa shape index (κ3) is 46.0. The average Bonchev–Trinajstić information content (AvgIpc) is 2.98. The van der Waals surface area contributed by atoms with Crippen LogP contribution in [0.1, 0.15) is 156 Å². The minimum absolute atomic E-state index is 0. The van der Waals surface area contributed by atoms with E-state index in [1.807, 2.05) is 0 Å². The average molecular weight is 724 g/mol. The number of ketones is 4. The Balaban J connectivity index is -0.000000157. The predicted octanol–water partition coefficient (Wildman–Crippen LogP) is 6.44. The van der Waals surface area contributed by atoms with Gasteiger partial charge in [0, 0.05) is 51.9 Å². The molecular formula is C32H56O12Zr. The second kappa shape index (κ2) is 39.5. The van der Waals surface area contributed by atoms with Gasteiger partial charge >= 0.3 is 23.9 Å². The van der Waals surface area contributed by atoms with Crippen molar-refractivity contribution in [2.45, 2.75) is 156 Å². The van der Waals surface area contributed by atoms with Gasteiger partial charge in [0.1, 0.15) is 0 Å². The second-order valence-electron chi connectivity index (χ2n) is 10.2. The van der Waals surface area contributed by atoms with Gasteiger partial charge in [0.05, 0.1) is 0 Å². The van der Waals surface area contributed by atoms with E-state index in [1.165, 1.54) is 0 Å². The van der Waals surface area contributed by atoms with Gasteiger partial charge in [0.2, 0.25) is 23.1 Å². The Labute approximate surface area is 287 Å². The zero-order valence-corrected chi connectivity index (χ0v) is 30.2. The third-order valence-corrected chi connectivity index (χ3v) is 5.98. The van der Waals surface area contributed by atoms with Gasteiger partial charge in [-0.25, -0.2) is 19.2 Å². The van der Waals surface area contributed by atoms with Crippen molar-refractivity contribution in [3.8, 4) is 0 Å². The van der Waals surface area contributed by atoms with E-state index in [1.54, 1.807) is 0 Å². The molecule has 0 bridgehead atoms. The fourth-order valence-electron chi connectivity index (χ4n) is 3.28. The van der Waals surface area contributed by atoms with Crippen molar-refractivity contribution in [1.29, 1.82) is 0 Å². The van der Waals surface area contributed by atoms with Gasteiger partial charge in [0.15, 0.2) is 0 Å². The minimum atomic E-state index is -1.30. The maximum atomic E-state index is 10.5. The molecule has 0 atom stereocenters. The summed E-state index contributed by atoms with van der Waals surface area (Å²) in [5.74, 6) is -7.88. The number of carbonyl (C=O) groups is 8. The Kier molecular flexibility index (Phi) is 45.6. The molecular weight excluding hydrogens is 668 g/mol. The van der Waals surface area contributed by atoms with Gasteiger partial charge in [0.25, 0.3) is 0 Å². The van der Waals surface area contributed by atoms with Crippen LogP contribution < -0.4 is 0 Å². The van der Waals surface area contributed by atoms with Crippen LogP contribution >= 0.6 is 0 Å². The van der Waals surface area contributed by atoms with Crippen LogP contribution in [-0.4, -0.2) is 67.4 Å². The largest absolute Gasteiger partial charge is 0.476 e. The zero-order valence-electron chi connectivity index (χ0n) is 27.7. The van der Waals surface area contributed by atoms with Gasteiger partial charge < -0.3 is 20.4 Å². The minimum Gasteiger partial charge on any atom is -0.476 e. The van der Waals surface area contributed by atoms with Crippen LogP contribution in [0.5, 0.6) is 0 Å². The number of carbonyl (C=O) groups excluding carboxylic acids is 4. The Morgan fingerprint density at radius 2 is 0.467 bits per heavy atom. The first-order chi connectivity index (χ1) is 20.7. The van der Waals surface area contributed by atoms with E-state index in [4.69, 9.17) is 20.4 Å². The fraction of sp³-hybridized carbons (Fsp3) is 0.750. The standard InChI is InChI=1S/4C8H14O3.Zr/c4*1-2-3-4-5-6-7(9)8(10)11;/h4*2-6H2,1H3,(H,10,11);. The molecule has 260 valence electrons. The molecule has 0 aliphatic heterocycles. The van der Waals surface area contributed by atoms with E-state index in [0.29, 0.717) is 25.7 Å². The number of aliphatic carboxylic acids is 4. The van der Waals surface area contributed by atoms with E-state index in [2.05, 4.69) is 27.7 Å². The molecule has 0 saturated heterocycles. The molecule has 0 saturated carbocycles. The van der Waals surface area contributed by atoms with Gasteiger partial charge in [-0.1, -0.05) is 105 Å². The Morgan fingerprint density at radius 1 is 0.311 bits per heavy atom. The quantitative estimate of drug-likeness (QED) is 0.0625. The molecule has 0 aliphatic rings.